The van der Waals surface area contributed by atoms with Crippen LogP contribution < -0.4 is 4.74 Å². The van der Waals surface area contributed by atoms with Crippen LogP contribution in [0.2, 0.25) is 0 Å². The van der Waals surface area contributed by atoms with Crippen LogP contribution in [-0.4, -0.2) is 40.6 Å². The molecule has 1 atom stereocenters. The third-order valence-corrected chi connectivity index (χ3v) is 5.21. The first kappa shape index (κ1) is 23.3. The van der Waals surface area contributed by atoms with Gasteiger partial charge in [0, 0.05) is 30.1 Å². The maximum atomic E-state index is 13.0. The summed E-state index contributed by atoms with van der Waals surface area (Å²) in [7, 11) is 1.57. The van der Waals surface area contributed by atoms with E-state index >= 15 is 0 Å². The molecule has 0 unspecified atom stereocenters. The van der Waals surface area contributed by atoms with Crippen LogP contribution >= 0.6 is 0 Å². The average molecular weight is 447 g/mol. The zero-order valence-corrected chi connectivity index (χ0v) is 18.0. The molecule has 0 fully saturated rings. The molecule has 3 aromatic rings. The summed E-state index contributed by atoms with van der Waals surface area (Å²) in [4.78, 5) is 19.0. The highest BCUT2D eigenvalue weighted by Crippen LogP contribution is 2.29. The van der Waals surface area contributed by atoms with Crippen molar-refractivity contribution < 1.29 is 27.2 Å². The van der Waals surface area contributed by atoms with Gasteiger partial charge in [-0.05, 0) is 49.7 Å². The molecule has 0 radical (unpaired) electrons. The van der Waals surface area contributed by atoms with E-state index in [1.54, 1.807) is 24.1 Å². The van der Waals surface area contributed by atoms with Gasteiger partial charge in [-0.15, -0.1) is 0 Å². The van der Waals surface area contributed by atoms with Crippen LogP contribution in [0.15, 0.2) is 53.1 Å². The lowest BCUT2D eigenvalue weighted by molar-refractivity contribution is -0.137. The zero-order valence-electron chi connectivity index (χ0n) is 18.0. The lowest BCUT2D eigenvalue weighted by Crippen LogP contribution is -2.39. The molecule has 32 heavy (non-hydrogen) atoms. The fourth-order valence-corrected chi connectivity index (χ4v) is 3.16. The third-order valence-electron chi connectivity index (χ3n) is 5.21. The first-order valence-electron chi connectivity index (χ1n) is 10.2. The Balaban J connectivity index is 1.72. The van der Waals surface area contributed by atoms with Gasteiger partial charge in [-0.2, -0.15) is 18.2 Å². The number of aromatic nitrogens is 2. The molecule has 0 spiro atoms. The van der Waals surface area contributed by atoms with Crippen molar-refractivity contribution in [3.63, 3.8) is 0 Å². The van der Waals surface area contributed by atoms with Crippen LogP contribution in [0.25, 0.3) is 11.4 Å². The maximum absolute atomic E-state index is 13.0. The number of methoxy groups -OCH3 is 1. The Morgan fingerprint density at radius 2 is 1.91 bits per heavy atom. The monoisotopic (exact) mass is 447 g/mol. The average Bonchev–Trinajstić information content (AvgIpc) is 3.27. The first-order valence-corrected chi connectivity index (χ1v) is 10.2. The summed E-state index contributed by atoms with van der Waals surface area (Å²) in [5.74, 6) is 1.08. The van der Waals surface area contributed by atoms with E-state index in [4.69, 9.17) is 9.26 Å². The van der Waals surface area contributed by atoms with Gasteiger partial charge in [-0.25, -0.2) is 0 Å². The molecular formula is C23H24F3N3O3. The molecule has 0 N–H and O–H groups in total. The minimum Gasteiger partial charge on any atom is -0.497 e. The number of ether oxygens (including phenoxy) is 1. The fraction of sp³-hybridized carbons (Fsp3) is 0.348. The molecule has 2 aromatic carbocycles. The number of halogens is 3. The van der Waals surface area contributed by atoms with E-state index in [1.165, 1.54) is 12.1 Å². The van der Waals surface area contributed by atoms with Crippen molar-refractivity contribution in [2.45, 2.75) is 38.9 Å². The summed E-state index contributed by atoms with van der Waals surface area (Å²) in [5, 5.41) is 3.99. The first-order chi connectivity index (χ1) is 15.2. The van der Waals surface area contributed by atoms with Crippen molar-refractivity contribution in [3.05, 3.63) is 65.5 Å². The molecular weight excluding hydrogens is 423 g/mol. The summed E-state index contributed by atoms with van der Waals surface area (Å²) in [6.07, 6.45) is -3.45. The summed E-state index contributed by atoms with van der Waals surface area (Å²) in [5.41, 5.74) is 0.139. The fourth-order valence-electron chi connectivity index (χ4n) is 3.16. The van der Waals surface area contributed by atoms with E-state index in [1.807, 2.05) is 26.0 Å². The number of amides is 1. The van der Waals surface area contributed by atoms with Crippen LogP contribution in [0, 0.1) is 0 Å². The van der Waals surface area contributed by atoms with Gasteiger partial charge in [-0.1, -0.05) is 24.2 Å². The van der Waals surface area contributed by atoms with Gasteiger partial charge in [0.1, 0.15) is 5.75 Å². The van der Waals surface area contributed by atoms with E-state index in [-0.39, 0.29) is 24.1 Å². The zero-order chi connectivity index (χ0) is 23.3. The van der Waals surface area contributed by atoms with Crippen molar-refractivity contribution in [1.82, 2.24) is 15.0 Å². The number of benzene rings is 2. The SMILES string of the molecule is CC[C@@H](C)N(CCc1nc(-c2cccc(OC)c2)no1)C(=O)c1ccc(C(F)(F)F)cc1. The summed E-state index contributed by atoms with van der Waals surface area (Å²) in [6, 6.07) is 11.4. The van der Waals surface area contributed by atoms with E-state index in [0.29, 0.717) is 30.3 Å². The standard InChI is InChI=1S/C23H24F3N3O3/c1-4-15(2)29(22(30)16-8-10-18(11-9-16)23(24,25)26)13-12-20-27-21(28-32-20)17-6-5-7-19(14-17)31-3/h5-11,14-15H,4,12-13H2,1-3H3/t15-/m1/s1. The molecule has 1 heterocycles. The van der Waals surface area contributed by atoms with Crippen molar-refractivity contribution in [2.24, 2.45) is 0 Å². The lowest BCUT2D eigenvalue weighted by atomic mass is 10.1. The molecule has 1 aromatic heterocycles. The van der Waals surface area contributed by atoms with Crippen LogP contribution in [0.5, 0.6) is 5.75 Å². The van der Waals surface area contributed by atoms with E-state index in [0.717, 1.165) is 17.7 Å². The van der Waals surface area contributed by atoms with Gasteiger partial charge in [0.05, 0.1) is 12.7 Å². The van der Waals surface area contributed by atoms with Crippen LogP contribution in [-0.2, 0) is 12.6 Å². The highest BCUT2D eigenvalue weighted by Gasteiger charge is 2.30. The van der Waals surface area contributed by atoms with E-state index in [9.17, 15) is 18.0 Å². The highest BCUT2D eigenvalue weighted by atomic mass is 19.4. The molecule has 0 aliphatic heterocycles. The summed E-state index contributed by atoms with van der Waals surface area (Å²) in [6.45, 7) is 4.11. The van der Waals surface area contributed by atoms with Crippen molar-refractivity contribution >= 4 is 5.91 Å². The number of alkyl halides is 3. The smallest absolute Gasteiger partial charge is 0.416 e. The predicted octanol–water partition coefficient (Wildman–Crippen LogP) is 5.25. The minimum atomic E-state index is -4.45. The van der Waals surface area contributed by atoms with Gasteiger partial charge in [-0.3, -0.25) is 4.79 Å². The molecule has 6 nitrogen and oxygen atoms in total. The van der Waals surface area contributed by atoms with Crippen LogP contribution in [0.4, 0.5) is 13.2 Å². The molecule has 0 saturated carbocycles. The molecule has 0 aliphatic rings. The number of rotatable bonds is 8. The Kier molecular flexibility index (Phi) is 7.17. The van der Waals surface area contributed by atoms with Gasteiger partial charge < -0.3 is 14.2 Å². The molecule has 0 aliphatic carbocycles. The molecule has 0 bridgehead atoms. The van der Waals surface area contributed by atoms with E-state index in [2.05, 4.69) is 10.1 Å². The normalized spacial score (nSPS) is 12.4. The maximum Gasteiger partial charge on any atom is 0.416 e. The molecule has 9 heteroatoms. The Morgan fingerprint density at radius 1 is 1.19 bits per heavy atom. The second kappa shape index (κ2) is 9.84. The number of hydrogen-bond donors (Lipinski definition) is 0. The highest BCUT2D eigenvalue weighted by molar-refractivity contribution is 5.94. The number of hydrogen-bond acceptors (Lipinski definition) is 5. The lowest BCUT2D eigenvalue weighted by Gasteiger charge is -2.28. The summed E-state index contributed by atoms with van der Waals surface area (Å²) < 4.78 is 49.0. The largest absolute Gasteiger partial charge is 0.497 e. The van der Waals surface area contributed by atoms with Gasteiger partial charge in [0.15, 0.2) is 0 Å². The Morgan fingerprint density at radius 3 is 2.53 bits per heavy atom. The second-order valence-corrected chi connectivity index (χ2v) is 7.32. The molecule has 3 rings (SSSR count). The van der Waals surface area contributed by atoms with Crippen LogP contribution in [0.3, 0.4) is 0 Å². The number of nitrogens with zero attached hydrogens (tertiary/aromatic N) is 3. The quantitative estimate of drug-likeness (QED) is 0.472. The molecule has 1 amide bonds. The number of carbonyl (C=O) groups excluding carboxylic acids is 1. The van der Waals surface area contributed by atoms with Crippen LogP contribution in [0.1, 0.15) is 42.1 Å². The Bertz CT molecular complexity index is 1050. The van der Waals surface area contributed by atoms with E-state index < -0.39 is 11.7 Å². The third kappa shape index (κ3) is 5.46. The molecule has 170 valence electrons. The number of carbonyl (C=O) groups is 1. The van der Waals surface area contributed by atoms with Gasteiger partial charge >= 0.3 is 6.18 Å². The van der Waals surface area contributed by atoms with Crippen molar-refractivity contribution in [1.29, 1.82) is 0 Å². The van der Waals surface area contributed by atoms with Crippen molar-refractivity contribution in [3.8, 4) is 17.1 Å². The minimum absolute atomic E-state index is 0.120. The van der Waals surface area contributed by atoms with Gasteiger partial charge in [0.25, 0.3) is 5.91 Å². The topological polar surface area (TPSA) is 68.5 Å². The predicted molar refractivity (Wildman–Crippen MR) is 112 cm³/mol. The van der Waals surface area contributed by atoms with Gasteiger partial charge in [0.2, 0.25) is 11.7 Å². The molecule has 0 saturated heterocycles. The second-order valence-electron chi connectivity index (χ2n) is 7.32. The Hall–Kier alpha value is -3.36. The summed E-state index contributed by atoms with van der Waals surface area (Å²) >= 11 is 0. The van der Waals surface area contributed by atoms with Crippen molar-refractivity contribution in [2.75, 3.05) is 13.7 Å². The Labute approximate surface area is 184 Å².